The zero-order valence-electron chi connectivity index (χ0n) is 24.3. The third-order valence-electron chi connectivity index (χ3n) is 8.33. The molecule has 2 aliphatic rings. The van der Waals surface area contributed by atoms with Crippen molar-refractivity contribution in [1.29, 1.82) is 0 Å². The highest BCUT2D eigenvalue weighted by molar-refractivity contribution is 8.00. The molecule has 1 atom stereocenters. The number of anilines is 2. The Bertz CT molecular complexity index is 2250. The lowest BCUT2D eigenvalue weighted by Crippen LogP contribution is -2.53. The molecule has 4 aromatic carbocycles. The van der Waals surface area contributed by atoms with Crippen LogP contribution in [0.2, 0.25) is 0 Å². The molecule has 1 spiro atoms. The maximum Gasteiger partial charge on any atom is 0.297 e. The maximum absolute atomic E-state index is 15.1. The van der Waals surface area contributed by atoms with Gasteiger partial charge in [-0.3, -0.25) is 19.3 Å². The summed E-state index contributed by atoms with van der Waals surface area (Å²) in [7, 11) is 0. The van der Waals surface area contributed by atoms with Crippen molar-refractivity contribution in [2.75, 3.05) is 9.80 Å². The van der Waals surface area contributed by atoms with E-state index in [0.29, 0.717) is 26.9 Å². The number of thioether (sulfide) groups is 1. The van der Waals surface area contributed by atoms with E-state index in [9.17, 15) is 14.0 Å². The minimum absolute atomic E-state index is 0.0525. The Balaban J connectivity index is 1.33. The van der Waals surface area contributed by atoms with Crippen LogP contribution in [0.25, 0.3) is 11.0 Å². The molecule has 8 nitrogen and oxygen atoms in total. The predicted octanol–water partition coefficient (Wildman–Crippen LogP) is 6.84. The van der Waals surface area contributed by atoms with E-state index >= 15 is 4.79 Å². The summed E-state index contributed by atoms with van der Waals surface area (Å²) in [5, 5.41) is 9.20. The van der Waals surface area contributed by atoms with E-state index in [1.807, 2.05) is 37.3 Å². The minimum atomic E-state index is -1.90. The van der Waals surface area contributed by atoms with E-state index in [1.54, 1.807) is 54.6 Å². The average Bonchev–Trinajstić information content (AvgIpc) is 3.71. The monoisotopic (exact) mass is 646 g/mol. The first-order valence-electron chi connectivity index (χ1n) is 14.4. The fourth-order valence-corrected chi connectivity index (χ4v) is 8.12. The van der Waals surface area contributed by atoms with Crippen molar-refractivity contribution in [3.63, 3.8) is 0 Å². The zero-order valence-corrected chi connectivity index (χ0v) is 25.9. The van der Waals surface area contributed by atoms with Crippen molar-refractivity contribution in [2.45, 2.75) is 29.1 Å². The second-order valence-electron chi connectivity index (χ2n) is 11.1. The molecule has 0 saturated heterocycles. The molecule has 0 fully saturated rings. The van der Waals surface area contributed by atoms with Gasteiger partial charge in [0.1, 0.15) is 11.4 Å². The SMILES string of the molecule is Cc1ccc2oc3c(c(=O)c2c1)C1(C(=O)N(Cc2ccc(F)cc2)c2ccccc21)N(c1nnc(SCc2ccccc2)s1)C3=O. The Morgan fingerprint density at radius 3 is 2.46 bits per heavy atom. The van der Waals surface area contributed by atoms with E-state index in [2.05, 4.69) is 10.2 Å². The number of halogens is 1. The normalized spacial score (nSPS) is 16.9. The van der Waals surface area contributed by atoms with Crippen LogP contribution in [0, 0.1) is 12.7 Å². The topological polar surface area (TPSA) is 96.6 Å². The number of benzene rings is 4. The van der Waals surface area contributed by atoms with Gasteiger partial charge in [-0.25, -0.2) is 4.39 Å². The van der Waals surface area contributed by atoms with Crippen LogP contribution < -0.4 is 15.2 Å². The fourth-order valence-electron chi connectivity index (χ4n) is 6.28. The first kappa shape index (κ1) is 28.4. The van der Waals surface area contributed by atoms with Crippen LogP contribution in [0.15, 0.2) is 111 Å². The van der Waals surface area contributed by atoms with Gasteiger partial charge in [0.15, 0.2) is 15.3 Å². The number of para-hydroxylation sites is 1. The largest absolute Gasteiger partial charge is 0.450 e. The number of amides is 2. The van der Waals surface area contributed by atoms with Gasteiger partial charge in [-0.05, 0) is 48.4 Å². The van der Waals surface area contributed by atoms with Gasteiger partial charge < -0.3 is 9.32 Å². The summed E-state index contributed by atoms with van der Waals surface area (Å²) in [5.41, 5.74) is 1.40. The van der Waals surface area contributed by atoms with Gasteiger partial charge in [-0.15, -0.1) is 10.2 Å². The van der Waals surface area contributed by atoms with Gasteiger partial charge in [0.25, 0.3) is 11.8 Å². The number of carbonyl (C=O) groups is 2. The van der Waals surface area contributed by atoms with E-state index in [4.69, 9.17) is 4.42 Å². The lowest BCUT2D eigenvalue weighted by atomic mass is 9.84. The molecule has 6 aromatic rings. The van der Waals surface area contributed by atoms with E-state index < -0.39 is 28.6 Å². The van der Waals surface area contributed by atoms with Crippen molar-refractivity contribution in [1.82, 2.24) is 10.2 Å². The summed E-state index contributed by atoms with van der Waals surface area (Å²) in [6, 6.07) is 28.0. The van der Waals surface area contributed by atoms with Crippen molar-refractivity contribution in [3.8, 4) is 0 Å². The molecule has 8 rings (SSSR count). The number of aromatic nitrogens is 2. The van der Waals surface area contributed by atoms with Crippen LogP contribution in [0.4, 0.5) is 15.2 Å². The van der Waals surface area contributed by atoms with Crippen molar-refractivity contribution >= 4 is 56.7 Å². The van der Waals surface area contributed by atoms with Crippen LogP contribution in [-0.2, 0) is 22.6 Å². The van der Waals surface area contributed by atoms with Gasteiger partial charge >= 0.3 is 0 Å². The van der Waals surface area contributed by atoms with Crippen LogP contribution >= 0.6 is 23.1 Å². The lowest BCUT2D eigenvalue weighted by Gasteiger charge is -2.32. The second-order valence-corrected chi connectivity index (χ2v) is 13.3. The standard InChI is InChI=1S/C35H23FN4O4S2/c1-20-11-16-27-24(17-20)29(41)28-30(44-27)31(42)40(33-37-38-34(46-33)45-19-22-7-3-2-4-8-22)35(28)25-9-5-6-10-26(25)39(32(35)43)18-21-12-14-23(36)15-13-21/h2-17H,18-19H2,1H3. The Morgan fingerprint density at radius 2 is 1.65 bits per heavy atom. The number of hydrogen-bond acceptors (Lipinski definition) is 8. The quantitative estimate of drug-likeness (QED) is 0.145. The second kappa shape index (κ2) is 10.7. The number of fused-ring (bicyclic) bond motifs is 5. The highest BCUT2D eigenvalue weighted by Gasteiger charge is 2.66. The number of aryl methyl sites for hydroxylation is 1. The molecule has 0 N–H and O–H groups in total. The molecule has 2 aliphatic heterocycles. The van der Waals surface area contributed by atoms with Gasteiger partial charge in [0, 0.05) is 11.3 Å². The Kier molecular flexibility index (Phi) is 6.62. The minimum Gasteiger partial charge on any atom is -0.450 e. The molecule has 0 aliphatic carbocycles. The molecule has 4 heterocycles. The zero-order chi connectivity index (χ0) is 31.6. The van der Waals surface area contributed by atoms with Gasteiger partial charge in [0.05, 0.1) is 23.2 Å². The number of hydrogen-bond donors (Lipinski definition) is 0. The highest BCUT2D eigenvalue weighted by Crippen LogP contribution is 2.55. The van der Waals surface area contributed by atoms with Crippen LogP contribution in [0.5, 0.6) is 0 Å². The fraction of sp³-hybridized carbons (Fsp3) is 0.114. The van der Waals surface area contributed by atoms with Gasteiger partial charge in [-0.1, -0.05) is 95.4 Å². The molecule has 11 heteroatoms. The lowest BCUT2D eigenvalue weighted by molar-refractivity contribution is -0.121. The van der Waals surface area contributed by atoms with Crippen molar-refractivity contribution in [3.05, 3.63) is 147 Å². The molecule has 1 unspecified atom stereocenters. The summed E-state index contributed by atoms with van der Waals surface area (Å²) >= 11 is 2.63. The predicted molar refractivity (Wildman–Crippen MR) is 175 cm³/mol. The van der Waals surface area contributed by atoms with E-state index in [0.717, 1.165) is 11.1 Å². The number of carbonyl (C=O) groups excluding carboxylic acids is 2. The van der Waals surface area contributed by atoms with Gasteiger partial charge in [-0.2, -0.15) is 0 Å². The molecule has 2 aromatic heterocycles. The molecule has 2 amide bonds. The van der Waals surface area contributed by atoms with Crippen LogP contribution in [0.1, 0.15) is 38.4 Å². The Hall–Kier alpha value is -5.13. The van der Waals surface area contributed by atoms with Crippen LogP contribution in [0.3, 0.4) is 0 Å². The van der Waals surface area contributed by atoms with E-state index in [1.165, 1.54) is 45.0 Å². The Morgan fingerprint density at radius 1 is 0.891 bits per heavy atom. The van der Waals surface area contributed by atoms with Crippen molar-refractivity contribution in [2.24, 2.45) is 0 Å². The maximum atomic E-state index is 15.1. The summed E-state index contributed by atoms with van der Waals surface area (Å²) < 4.78 is 20.6. The highest BCUT2D eigenvalue weighted by atomic mass is 32.2. The Labute approximate surface area is 270 Å². The smallest absolute Gasteiger partial charge is 0.297 e. The molecule has 0 saturated carbocycles. The summed E-state index contributed by atoms with van der Waals surface area (Å²) in [6.07, 6.45) is 0. The first-order chi connectivity index (χ1) is 22.4. The first-order valence-corrected chi connectivity index (χ1v) is 16.2. The summed E-state index contributed by atoms with van der Waals surface area (Å²) in [4.78, 5) is 46.8. The molecular weight excluding hydrogens is 624 g/mol. The summed E-state index contributed by atoms with van der Waals surface area (Å²) in [5.74, 6) is -1.14. The third-order valence-corrected chi connectivity index (χ3v) is 10.4. The third kappa shape index (κ3) is 4.22. The summed E-state index contributed by atoms with van der Waals surface area (Å²) in [6.45, 7) is 1.94. The number of nitrogens with zero attached hydrogens (tertiary/aromatic N) is 4. The molecule has 0 radical (unpaired) electrons. The molecule has 0 bridgehead atoms. The number of rotatable bonds is 6. The van der Waals surface area contributed by atoms with Crippen LogP contribution in [-0.4, -0.2) is 22.0 Å². The average molecular weight is 647 g/mol. The van der Waals surface area contributed by atoms with Gasteiger partial charge in [0.2, 0.25) is 10.9 Å². The molecular formula is C35H23FN4O4S2. The molecule has 226 valence electrons. The van der Waals surface area contributed by atoms with E-state index in [-0.39, 0.29) is 34.0 Å². The molecule has 46 heavy (non-hydrogen) atoms. The van der Waals surface area contributed by atoms with Crippen molar-refractivity contribution < 1.29 is 18.4 Å².